The summed E-state index contributed by atoms with van der Waals surface area (Å²) in [6, 6.07) is 12.6. The lowest BCUT2D eigenvalue weighted by Gasteiger charge is -2.20. The zero-order chi connectivity index (χ0) is 20.1. The molecule has 0 aliphatic carbocycles. The van der Waals surface area contributed by atoms with Gasteiger partial charge < -0.3 is 20.0 Å². The predicted molar refractivity (Wildman–Crippen MR) is 114 cm³/mol. The minimum absolute atomic E-state index is 0.245. The smallest absolute Gasteiger partial charge is 0.291 e. The minimum Gasteiger partial charge on any atom is -0.444 e. The Kier molecular flexibility index (Phi) is 6.30. The normalized spacial score (nSPS) is 10.6. The summed E-state index contributed by atoms with van der Waals surface area (Å²) in [7, 11) is 0. The van der Waals surface area contributed by atoms with Crippen molar-refractivity contribution in [2.45, 2.75) is 20.8 Å². The van der Waals surface area contributed by atoms with Crippen LogP contribution in [0.1, 0.15) is 30.2 Å². The van der Waals surface area contributed by atoms with Crippen molar-refractivity contribution in [3.8, 4) is 0 Å². The van der Waals surface area contributed by atoms with Crippen LogP contribution in [0.5, 0.6) is 0 Å². The second kappa shape index (κ2) is 8.88. The van der Waals surface area contributed by atoms with Gasteiger partial charge in [-0.05, 0) is 73.1 Å². The Hall–Kier alpha value is -2.87. The van der Waals surface area contributed by atoms with E-state index in [2.05, 4.69) is 55.3 Å². The third kappa shape index (κ3) is 4.89. The first kappa shape index (κ1) is 19.9. The summed E-state index contributed by atoms with van der Waals surface area (Å²) in [6.07, 6.45) is 0. The summed E-state index contributed by atoms with van der Waals surface area (Å²) in [6.45, 7) is 7.84. The topological polar surface area (TPSA) is 83.3 Å². The first-order valence-corrected chi connectivity index (χ1v) is 9.82. The van der Waals surface area contributed by atoms with E-state index in [0.717, 1.165) is 30.4 Å². The molecule has 7 nitrogen and oxygen atoms in total. The Bertz CT molecular complexity index is 951. The first-order valence-electron chi connectivity index (χ1n) is 9.03. The lowest BCUT2D eigenvalue weighted by molar-refractivity contribution is 0.0995. The Balaban J connectivity index is 1.69. The molecule has 0 saturated carbocycles. The molecule has 0 aliphatic heterocycles. The molecule has 0 unspecified atom stereocenters. The summed E-state index contributed by atoms with van der Waals surface area (Å²) < 4.78 is 5.77. The van der Waals surface area contributed by atoms with Crippen LogP contribution in [0.15, 0.2) is 51.6 Å². The second-order valence-corrected chi connectivity index (χ2v) is 6.87. The first-order chi connectivity index (χ1) is 13.5. The molecule has 146 valence electrons. The van der Waals surface area contributed by atoms with Crippen LogP contribution in [0, 0.1) is 6.92 Å². The van der Waals surface area contributed by atoms with Crippen molar-refractivity contribution in [3.63, 3.8) is 0 Å². The van der Waals surface area contributed by atoms with Crippen molar-refractivity contribution >= 4 is 44.8 Å². The van der Waals surface area contributed by atoms with Crippen molar-refractivity contribution in [2.24, 2.45) is 0 Å². The number of furan rings is 1. The van der Waals surface area contributed by atoms with E-state index in [4.69, 9.17) is 4.42 Å². The summed E-state index contributed by atoms with van der Waals surface area (Å²) >= 11 is 3.19. The number of rotatable bonds is 7. The molecule has 0 radical (unpaired) electrons. The molecule has 28 heavy (non-hydrogen) atoms. The van der Waals surface area contributed by atoms with Crippen LogP contribution >= 0.6 is 15.9 Å². The Morgan fingerprint density at radius 3 is 2.36 bits per heavy atom. The van der Waals surface area contributed by atoms with Gasteiger partial charge in [-0.1, -0.05) is 0 Å². The second-order valence-electron chi connectivity index (χ2n) is 6.09. The SMILES string of the molecule is CCN(CC)c1cc(Nc2ccc(NC(=O)c3ccc(Br)o3)cc2)nc(C)n1. The molecule has 2 N–H and O–H groups in total. The van der Waals surface area contributed by atoms with Crippen LogP contribution in [-0.2, 0) is 0 Å². The number of halogens is 1. The van der Waals surface area contributed by atoms with Crippen molar-refractivity contribution in [3.05, 3.63) is 58.7 Å². The van der Waals surface area contributed by atoms with Gasteiger partial charge in [0.1, 0.15) is 17.5 Å². The number of carbonyl (C=O) groups excluding carboxylic acids is 1. The minimum atomic E-state index is -0.304. The van der Waals surface area contributed by atoms with E-state index in [1.165, 1.54) is 0 Å². The molecule has 0 saturated heterocycles. The van der Waals surface area contributed by atoms with E-state index in [-0.39, 0.29) is 11.7 Å². The van der Waals surface area contributed by atoms with Crippen molar-refractivity contribution in [1.82, 2.24) is 9.97 Å². The van der Waals surface area contributed by atoms with Crippen molar-refractivity contribution in [2.75, 3.05) is 28.6 Å². The molecular weight excluding hydrogens is 422 g/mol. The number of carbonyl (C=O) groups is 1. The monoisotopic (exact) mass is 443 g/mol. The number of benzene rings is 1. The zero-order valence-corrected chi connectivity index (χ0v) is 17.6. The average Bonchev–Trinajstić information content (AvgIpc) is 3.10. The van der Waals surface area contributed by atoms with E-state index in [9.17, 15) is 4.79 Å². The summed E-state index contributed by atoms with van der Waals surface area (Å²) in [5.41, 5.74) is 1.54. The summed E-state index contributed by atoms with van der Waals surface area (Å²) in [4.78, 5) is 23.3. The van der Waals surface area contributed by atoms with Crippen LogP contribution in [0.3, 0.4) is 0 Å². The third-order valence-corrected chi connectivity index (χ3v) is 4.55. The Morgan fingerprint density at radius 2 is 1.75 bits per heavy atom. The molecule has 0 fully saturated rings. The van der Waals surface area contributed by atoms with Crippen LogP contribution in [0.25, 0.3) is 0 Å². The lowest BCUT2D eigenvalue weighted by atomic mass is 10.2. The third-order valence-electron chi connectivity index (χ3n) is 4.12. The highest BCUT2D eigenvalue weighted by Crippen LogP contribution is 2.22. The summed E-state index contributed by atoms with van der Waals surface area (Å²) in [5, 5.41) is 6.09. The number of nitrogens with zero attached hydrogens (tertiary/aromatic N) is 3. The Labute approximate surface area is 172 Å². The highest BCUT2D eigenvalue weighted by atomic mass is 79.9. The Morgan fingerprint density at radius 1 is 1.07 bits per heavy atom. The maximum Gasteiger partial charge on any atom is 0.291 e. The van der Waals surface area contributed by atoms with Crippen molar-refractivity contribution in [1.29, 1.82) is 0 Å². The fraction of sp³-hybridized carbons (Fsp3) is 0.250. The van der Waals surface area contributed by atoms with E-state index < -0.39 is 0 Å². The molecule has 0 spiro atoms. The average molecular weight is 444 g/mol. The maximum absolute atomic E-state index is 12.1. The molecule has 0 bridgehead atoms. The number of hydrogen-bond donors (Lipinski definition) is 2. The van der Waals surface area contributed by atoms with Gasteiger partial charge in [-0.15, -0.1) is 0 Å². The number of anilines is 4. The molecule has 0 atom stereocenters. The van der Waals surface area contributed by atoms with E-state index >= 15 is 0 Å². The van der Waals surface area contributed by atoms with Gasteiger partial charge in [0, 0.05) is 30.5 Å². The number of nitrogens with one attached hydrogen (secondary N) is 2. The lowest BCUT2D eigenvalue weighted by Crippen LogP contribution is -2.23. The molecular formula is C20H22BrN5O2. The fourth-order valence-electron chi connectivity index (χ4n) is 2.74. The van der Waals surface area contributed by atoms with Gasteiger partial charge >= 0.3 is 0 Å². The molecule has 8 heteroatoms. The van der Waals surface area contributed by atoms with Crippen LogP contribution in [0.4, 0.5) is 23.0 Å². The van der Waals surface area contributed by atoms with Gasteiger partial charge in [-0.2, -0.15) is 0 Å². The van der Waals surface area contributed by atoms with Gasteiger partial charge in [-0.25, -0.2) is 9.97 Å². The highest BCUT2D eigenvalue weighted by molar-refractivity contribution is 9.10. The van der Waals surface area contributed by atoms with E-state index in [1.807, 2.05) is 37.3 Å². The standard InChI is InChI=1S/C20H22BrN5O2/c1-4-26(5-2)19-12-18(22-13(3)23-19)24-14-6-8-15(9-7-14)25-20(27)16-10-11-17(21)28-16/h6-12H,4-5H2,1-3H3,(H,25,27)(H,22,23,24). The number of hydrogen-bond acceptors (Lipinski definition) is 6. The van der Waals surface area contributed by atoms with Crippen LogP contribution in [-0.4, -0.2) is 29.0 Å². The van der Waals surface area contributed by atoms with Gasteiger partial charge in [0.25, 0.3) is 5.91 Å². The molecule has 1 aromatic carbocycles. The van der Waals surface area contributed by atoms with Gasteiger partial charge in [0.05, 0.1) is 0 Å². The largest absolute Gasteiger partial charge is 0.444 e. The van der Waals surface area contributed by atoms with E-state index in [0.29, 0.717) is 16.2 Å². The molecule has 2 heterocycles. The predicted octanol–water partition coefficient (Wildman–Crippen LogP) is 4.98. The van der Waals surface area contributed by atoms with Crippen molar-refractivity contribution < 1.29 is 9.21 Å². The van der Waals surface area contributed by atoms with Gasteiger partial charge in [0.15, 0.2) is 10.4 Å². The maximum atomic E-state index is 12.1. The van der Waals surface area contributed by atoms with Gasteiger partial charge in [0.2, 0.25) is 0 Å². The summed E-state index contributed by atoms with van der Waals surface area (Å²) in [5.74, 6) is 2.27. The highest BCUT2D eigenvalue weighted by Gasteiger charge is 2.11. The molecule has 1 amide bonds. The van der Waals surface area contributed by atoms with Crippen LogP contribution < -0.4 is 15.5 Å². The zero-order valence-electron chi connectivity index (χ0n) is 16.0. The quantitative estimate of drug-likeness (QED) is 0.535. The molecule has 3 rings (SSSR count). The van der Waals surface area contributed by atoms with Gasteiger partial charge in [-0.3, -0.25) is 4.79 Å². The fourth-order valence-corrected chi connectivity index (χ4v) is 3.05. The number of amides is 1. The molecule has 2 aromatic heterocycles. The van der Waals surface area contributed by atoms with E-state index in [1.54, 1.807) is 12.1 Å². The molecule has 0 aliphatic rings. The van der Waals surface area contributed by atoms with Crippen LogP contribution in [0.2, 0.25) is 0 Å². The molecule has 3 aromatic rings. The number of aryl methyl sites for hydroxylation is 1. The number of aromatic nitrogens is 2.